The molecule has 0 bridgehead atoms. The molecule has 0 aromatic carbocycles. The predicted octanol–water partition coefficient (Wildman–Crippen LogP) is 3.06. The lowest BCUT2D eigenvalue weighted by molar-refractivity contribution is 0.507. The molecule has 0 saturated carbocycles. The average Bonchev–Trinajstić information content (AvgIpc) is 2.91. The van der Waals surface area contributed by atoms with Gasteiger partial charge in [-0.3, -0.25) is 4.98 Å². The number of pyridine rings is 1. The lowest BCUT2D eigenvalue weighted by Crippen LogP contribution is -2.23. The van der Waals surface area contributed by atoms with Crippen LogP contribution < -0.4 is 10.2 Å². The molecular formula is C16H23N3O. The van der Waals surface area contributed by atoms with Crippen molar-refractivity contribution < 1.29 is 4.42 Å². The van der Waals surface area contributed by atoms with Crippen LogP contribution in [-0.4, -0.2) is 18.6 Å². The van der Waals surface area contributed by atoms with Gasteiger partial charge < -0.3 is 14.6 Å². The van der Waals surface area contributed by atoms with E-state index in [4.69, 9.17) is 4.42 Å². The Morgan fingerprint density at radius 3 is 2.90 bits per heavy atom. The molecular weight excluding hydrogens is 250 g/mol. The number of hydrogen-bond donors (Lipinski definition) is 1. The summed E-state index contributed by atoms with van der Waals surface area (Å²) in [5.74, 6) is 1.61. The van der Waals surface area contributed by atoms with Crippen molar-refractivity contribution in [3.63, 3.8) is 0 Å². The van der Waals surface area contributed by atoms with Crippen LogP contribution in [0.2, 0.25) is 0 Å². The molecule has 0 unspecified atom stereocenters. The standard InChI is InChI=1S/C16H23N3O/c1-13(2)9-18-10-14-6-7-17-11-16(14)19(3)12-15-5-4-8-20-15/h4-8,11,13,18H,9-10,12H2,1-3H3. The fraction of sp³-hybridized carbons (Fsp3) is 0.438. The summed E-state index contributed by atoms with van der Waals surface area (Å²) in [6.45, 7) is 7.05. The van der Waals surface area contributed by atoms with Crippen LogP contribution in [0.4, 0.5) is 5.69 Å². The van der Waals surface area contributed by atoms with Gasteiger partial charge >= 0.3 is 0 Å². The maximum Gasteiger partial charge on any atom is 0.123 e. The summed E-state index contributed by atoms with van der Waals surface area (Å²) in [6, 6.07) is 5.97. The summed E-state index contributed by atoms with van der Waals surface area (Å²) >= 11 is 0. The highest BCUT2D eigenvalue weighted by Crippen LogP contribution is 2.20. The average molecular weight is 273 g/mol. The minimum Gasteiger partial charge on any atom is -0.467 e. The molecule has 4 nitrogen and oxygen atoms in total. The number of anilines is 1. The Morgan fingerprint density at radius 1 is 1.35 bits per heavy atom. The molecule has 0 amide bonds. The van der Waals surface area contributed by atoms with E-state index in [-0.39, 0.29) is 0 Å². The van der Waals surface area contributed by atoms with Crippen LogP contribution >= 0.6 is 0 Å². The van der Waals surface area contributed by atoms with E-state index >= 15 is 0 Å². The number of furan rings is 1. The van der Waals surface area contributed by atoms with Crippen molar-refractivity contribution in [1.29, 1.82) is 0 Å². The van der Waals surface area contributed by atoms with E-state index in [0.29, 0.717) is 5.92 Å². The zero-order valence-electron chi connectivity index (χ0n) is 12.5. The zero-order valence-corrected chi connectivity index (χ0v) is 12.5. The molecule has 0 spiro atoms. The molecule has 20 heavy (non-hydrogen) atoms. The van der Waals surface area contributed by atoms with Gasteiger partial charge in [0, 0.05) is 19.8 Å². The number of nitrogens with one attached hydrogen (secondary N) is 1. The monoisotopic (exact) mass is 273 g/mol. The van der Waals surface area contributed by atoms with Gasteiger partial charge in [-0.25, -0.2) is 0 Å². The van der Waals surface area contributed by atoms with E-state index in [1.165, 1.54) is 5.56 Å². The third kappa shape index (κ3) is 4.10. The highest BCUT2D eigenvalue weighted by atomic mass is 16.3. The molecule has 0 aliphatic heterocycles. The zero-order chi connectivity index (χ0) is 14.4. The fourth-order valence-corrected chi connectivity index (χ4v) is 2.13. The van der Waals surface area contributed by atoms with Gasteiger partial charge in [0.05, 0.1) is 24.7 Å². The van der Waals surface area contributed by atoms with E-state index in [9.17, 15) is 0 Å². The summed E-state index contributed by atoms with van der Waals surface area (Å²) in [5.41, 5.74) is 2.40. The summed E-state index contributed by atoms with van der Waals surface area (Å²) in [4.78, 5) is 6.40. The second kappa shape index (κ2) is 7.10. The van der Waals surface area contributed by atoms with Crippen LogP contribution in [0.3, 0.4) is 0 Å². The summed E-state index contributed by atoms with van der Waals surface area (Å²) in [6.07, 6.45) is 5.46. The maximum absolute atomic E-state index is 5.40. The smallest absolute Gasteiger partial charge is 0.123 e. The maximum atomic E-state index is 5.40. The van der Waals surface area contributed by atoms with Gasteiger partial charge in [0.1, 0.15) is 5.76 Å². The van der Waals surface area contributed by atoms with E-state index in [2.05, 4.69) is 42.2 Å². The first-order valence-corrected chi connectivity index (χ1v) is 7.04. The Labute approximate surface area is 120 Å². The van der Waals surface area contributed by atoms with Crippen LogP contribution in [0, 0.1) is 5.92 Å². The Balaban J connectivity index is 2.02. The van der Waals surface area contributed by atoms with Crippen molar-refractivity contribution in [3.05, 3.63) is 48.2 Å². The number of nitrogens with zero attached hydrogens (tertiary/aromatic N) is 2. The molecule has 0 aliphatic rings. The lowest BCUT2D eigenvalue weighted by Gasteiger charge is -2.21. The normalized spacial score (nSPS) is 11.0. The van der Waals surface area contributed by atoms with E-state index in [1.807, 2.05) is 24.5 Å². The molecule has 4 heteroatoms. The van der Waals surface area contributed by atoms with Crippen molar-refractivity contribution in [2.75, 3.05) is 18.5 Å². The molecule has 0 saturated heterocycles. The highest BCUT2D eigenvalue weighted by Gasteiger charge is 2.09. The summed E-state index contributed by atoms with van der Waals surface area (Å²) in [5, 5.41) is 3.48. The Kier molecular flexibility index (Phi) is 5.18. The first-order valence-electron chi connectivity index (χ1n) is 7.04. The lowest BCUT2D eigenvalue weighted by atomic mass is 10.2. The van der Waals surface area contributed by atoms with Gasteiger partial charge in [-0.1, -0.05) is 13.8 Å². The molecule has 2 rings (SSSR count). The number of hydrogen-bond acceptors (Lipinski definition) is 4. The summed E-state index contributed by atoms with van der Waals surface area (Å²) < 4.78 is 5.40. The van der Waals surface area contributed by atoms with Crippen LogP contribution in [0.1, 0.15) is 25.2 Å². The molecule has 0 radical (unpaired) electrons. The topological polar surface area (TPSA) is 41.3 Å². The van der Waals surface area contributed by atoms with Gasteiger partial charge in [-0.05, 0) is 36.2 Å². The van der Waals surface area contributed by atoms with Crippen LogP contribution in [0.25, 0.3) is 0 Å². The predicted molar refractivity (Wildman–Crippen MR) is 81.6 cm³/mol. The third-order valence-electron chi connectivity index (χ3n) is 3.14. The van der Waals surface area contributed by atoms with E-state index < -0.39 is 0 Å². The molecule has 0 atom stereocenters. The number of rotatable bonds is 7. The molecule has 2 aromatic heterocycles. The van der Waals surface area contributed by atoms with Gasteiger partial charge in [-0.2, -0.15) is 0 Å². The van der Waals surface area contributed by atoms with E-state index in [1.54, 1.807) is 6.26 Å². The van der Waals surface area contributed by atoms with Gasteiger partial charge in [0.2, 0.25) is 0 Å². The van der Waals surface area contributed by atoms with Crippen molar-refractivity contribution in [2.45, 2.75) is 26.9 Å². The van der Waals surface area contributed by atoms with Gasteiger partial charge in [0.25, 0.3) is 0 Å². The van der Waals surface area contributed by atoms with Crippen LogP contribution in [-0.2, 0) is 13.1 Å². The van der Waals surface area contributed by atoms with Crippen molar-refractivity contribution in [3.8, 4) is 0 Å². The first kappa shape index (κ1) is 14.6. The SMILES string of the molecule is CC(C)CNCc1ccncc1N(C)Cc1ccco1. The Morgan fingerprint density at radius 2 is 2.20 bits per heavy atom. The van der Waals surface area contributed by atoms with Crippen LogP contribution in [0.5, 0.6) is 0 Å². The Hall–Kier alpha value is -1.81. The van der Waals surface area contributed by atoms with E-state index in [0.717, 1.165) is 31.1 Å². The molecule has 0 fully saturated rings. The second-order valence-corrected chi connectivity index (χ2v) is 5.46. The van der Waals surface area contributed by atoms with Gasteiger partial charge in [0.15, 0.2) is 0 Å². The van der Waals surface area contributed by atoms with Crippen molar-refractivity contribution >= 4 is 5.69 Å². The van der Waals surface area contributed by atoms with Gasteiger partial charge in [-0.15, -0.1) is 0 Å². The Bertz CT molecular complexity index is 508. The fourth-order valence-electron chi connectivity index (χ4n) is 2.13. The van der Waals surface area contributed by atoms with Crippen molar-refractivity contribution in [1.82, 2.24) is 10.3 Å². The molecule has 108 valence electrons. The van der Waals surface area contributed by atoms with Crippen molar-refractivity contribution in [2.24, 2.45) is 5.92 Å². The second-order valence-electron chi connectivity index (χ2n) is 5.46. The molecule has 1 N–H and O–H groups in total. The highest BCUT2D eigenvalue weighted by molar-refractivity contribution is 5.51. The quantitative estimate of drug-likeness (QED) is 0.842. The first-order chi connectivity index (χ1) is 9.66. The molecule has 2 heterocycles. The minimum absolute atomic E-state index is 0.654. The number of aromatic nitrogens is 1. The largest absolute Gasteiger partial charge is 0.467 e. The molecule has 2 aromatic rings. The van der Waals surface area contributed by atoms with Crippen LogP contribution in [0.15, 0.2) is 41.3 Å². The summed E-state index contributed by atoms with van der Waals surface area (Å²) in [7, 11) is 2.06. The minimum atomic E-state index is 0.654. The molecule has 0 aliphatic carbocycles. The third-order valence-corrected chi connectivity index (χ3v) is 3.14.